The predicted octanol–water partition coefficient (Wildman–Crippen LogP) is 5.70. The highest BCUT2D eigenvalue weighted by molar-refractivity contribution is 7.16. The van der Waals surface area contributed by atoms with Crippen molar-refractivity contribution in [2.75, 3.05) is 0 Å². The molecule has 0 aliphatic heterocycles. The Morgan fingerprint density at radius 3 is 2.56 bits per heavy atom. The maximum atomic E-state index is 12.5. The molecule has 0 saturated heterocycles. The highest BCUT2D eigenvalue weighted by Gasteiger charge is 2.17. The summed E-state index contributed by atoms with van der Waals surface area (Å²) in [7, 11) is 0. The van der Waals surface area contributed by atoms with E-state index >= 15 is 0 Å². The molecule has 1 aromatic heterocycles. The molecule has 0 fully saturated rings. The minimum Gasteiger partial charge on any atom is -0.423 e. The van der Waals surface area contributed by atoms with Crippen LogP contribution in [0.2, 0.25) is 5.02 Å². The van der Waals surface area contributed by atoms with E-state index in [1.165, 1.54) is 0 Å². The minimum absolute atomic E-state index is 0.275. The van der Waals surface area contributed by atoms with E-state index in [0.717, 1.165) is 22.5 Å². The van der Waals surface area contributed by atoms with Gasteiger partial charge in [0.15, 0.2) is 5.58 Å². The normalized spacial score (nSPS) is 10.9. The average molecular weight is 397 g/mol. The number of benzene rings is 3. The Hall–Kier alpha value is -2.89. The fraction of sp³-hybridized carbons (Fsp3) is 0.0476. The van der Waals surface area contributed by atoms with Crippen LogP contribution in [0.5, 0.6) is 5.75 Å². The molecule has 6 heteroatoms. The smallest absolute Gasteiger partial charge is 0.396 e. The standard InChI is InChI=1S/C21H13ClO4S/c1-12-6-8-13(9-7-12)16-10-14(11-18-19(16)26-21(24)27-18)25-20(23)15-4-2-3-5-17(15)22/h2-11H,1H3. The van der Waals surface area contributed by atoms with Crippen LogP contribution >= 0.6 is 22.9 Å². The summed E-state index contributed by atoms with van der Waals surface area (Å²) < 4.78 is 11.5. The molecule has 3 aromatic carbocycles. The van der Waals surface area contributed by atoms with E-state index in [4.69, 9.17) is 20.8 Å². The second-order valence-corrected chi connectivity index (χ2v) is 7.37. The summed E-state index contributed by atoms with van der Waals surface area (Å²) in [5, 5.41) is 0.315. The van der Waals surface area contributed by atoms with Gasteiger partial charge in [0, 0.05) is 11.6 Å². The first-order valence-corrected chi connectivity index (χ1v) is 9.32. The van der Waals surface area contributed by atoms with Crippen LogP contribution in [0.3, 0.4) is 0 Å². The number of halogens is 1. The maximum Gasteiger partial charge on any atom is 0.396 e. The lowest BCUT2D eigenvalue weighted by atomic mass is 10.0. The molecule has 0 saturated carbocycles. The van der Waals surface area contributed by atoms with Crippen LogP contribution in [0, 0.1) is 6.92 Å². The molecule has 0 atom stereocenters. The van der Waals surface area contributed by atoms with Crippen LogP contribution in [0.1, 0.15) is 15.9 Å². The van der Waals surface area contributed by atoms with Gasteiger partial charge in [-0.2, -0.15) is 0 Å². The monoisotopic (exact) mass is 396 g/mol. The zero-order chi connectivity index (χ0) is 19.0. The van der Waals surface area contributed by atoms with Crippen LogP contribution in [0.4, 0.5) is 0 Å². The van der Waals surface area contributed by atoms with Gasteiger partial charge >= 0.3 is 10.9 Å². The van der Waals surface area contributed by atoms with Gasteiger partial charge in [0.25, 0.3) is 0 Å². The quantitative estimate of drug-likeness (QED) is 0.329. The van der Waals surface area contributed by atoms with Crippen LogP contribution in [0.25, 0.3) is 21.4 Å². The van der Waals surface area contributed by atoms with Gasteiger partial charge in [-0.25, -0.2) is 9.59 Å². The Bertz CT molecular complexity index is 1210. The number of rotatable bonds is 3. The lowest BCUT2D eigenvalue weighted by molar-refractivity contribution is 0.0735. The van der Waals surface area contributed by atoms with Crippen LogP contribution in [-0.2, 0) is 0 Å². The average Bonchev–Trinajstić information content (AvgIpc) is 3.02. The molecule has 0 spiro atoms. The summed E-state index contributed by atoms with van der Waals surface area (Å²) in [6.07, 6.45) is 0. The molecule has 0 aliphatic rings. The van der Waals surface area contributed by atoms with E-state index in [1.807, 2.05) is 31.2 Å². The molecule has 0 amide bonds. The van der Waals surface area contributed by atoms with E-state index in [-0.39, 0.29) is 5.56 Å². The van der Waals surface area contributed by atoms with E-state index < -0.39 is 10.9 Å². The van der Waals surface area contributed by atoms with Crippen molar-refractivity contribution in [1.82, 2.24) is 0 Å². The summed E-state index contributed by atoms with van der Waals surface area (Å²) in [6, 6.07) is 17.8. The first kappa shape index (κ1) is 17.5. The van der Waals surface area contributed by atoms with Gasteiger partial charge < -0.3 is 9.15 Å². The summed E-state index contributed by atoms with van der Waals surface area (Å²) >= 11 is 7.04. The third kappa shape index (κ3) is 3.52. The topological polar surface area (TPSA) is 56.5 Å². The lowest BCUT2D eigenvalue weighted by Crippen LogP contribution is -2.09. The van der Waals surface area contributed by atoms with Crippen molar-refractivity contribution in [3.8, 4) is 16.9 Å². The molecule has 0 N–H and O–H groups in total. The number of ether oxygens (including phenoxy) is 1. The van der Waals surface area contributed by atoms with E-state index in [0.29, 0.717) is 26.6 Å². The third-order valence-corrected chi connectivity index (χ3v) is 5.18. The number of hydrogen-bond acceptors (Lipinski definition) is 5. The van der Waals surface area contributed by atoms with Crippen LogP contribution < -0.4 is 9.68 Å². The van der Waals surface area contributed by atoms with Crippen molar-refractivity contribution in [3.63, 3.8) is 0 Å². The fourth-order valence-corrected chi connectivity index (χ4v) is 3.68. The Morgan fingerprint density at radius 1 is 1.07 bits per heavy atom. The van der Waals surface area contributed by atoms with Gasteiger partial charge in [-0.05, 0) is 30.7 Å². The SMILES string of the molecule is Cc1ccc(-c2cc(OC(=O)c3ccccc3Cl)cc3sc(=O)oc23)cc1. The number of carbonyl (C=O) groups is 1. The number of carbonyl (C=O) groups excluding carboxylic acids is 1. The zero-order valence-electron chi connectivity index (χ0n) is 14.2. The molecule has 0 aliphatic carbocycles. The Morgan fingerprint density at radius 2 is 1.81 bits per heavy atom. The van der Waals surface area contributed by atoms with Crippen molar-refractivity contribution in [2.45, 2.75) is 6.92 Å². The maximum absolute atomic E-state index is 12.5. The highest BCUT2D eigenvalue weighted by Crippen LogP contribution is 2.35. The van der Waals surface area contributed by atoms with Gasteiger partial charge in [-0.3, -0.25) is 0 Å². The Labute approximate surface area is 163 Å². The largest absolute Gasteiger partial charge is 0.423 e. The molecule has 1 heterocycles. The van der Waals surface area contributed by atoms with Gasteiger partial charge in [-0.1, -0.05) is 64.9 Å². The molecule has 4 nitrogen and oxygen atoms in total. The summed E-state index contributed by atoms with van der Waals surface area (Å²) in [5.41, 5.74) is 3.42. The van der Waals surface area contributed by atoms with E-state index in [1.54, 1.807) is 36.4 Å². The van der Waals surface area contributed by atoms with Crippen LogP contribution in [-0.4, -0.2) is 5.97 Å². The minimum atomic E-state index is -0.564. The predicted molar refractivity (Wildman–Crippen MR) is 107 cm³/mol. The molecule has 4 aromatic rings. The summed E-state index contributed by atoms with van der Waals surface area (Å²) in [6.45, 7) is 1.99. The van der Waals surface area contributed by atoms with Crippen molar-refractivity contribution >= 4 is 39.2 Å². The summed E-state index contributed by atoms with van der Waals surface area (Å²) in [4.78, 5) is 23.8. The zero-order valence-corrected chi connectivity index (χ0v) is 15.8. The number of fused-ring (bicyclic) bond motifs is 1. The number of aryl methyl sites for hydroxylation is 1. The Balaban J connectivity index is 1.80. The van der Waals surface area contributed by atoms with Gasteiger partial charge in [0.05, 0.1) is 15.3 Å². The Kier molecular flexibility index (Phi) is 4.56. The van der Waals surface area contributed by atoms with Crippen molar-refractivity contribution < 1.29 is 13.9 Å². The molecular formula is C21H13ClO4S. The second kappa shape index (κ2) is 7.02. The van der Waals surface area contributed by atoms with Crippen LogP contribution in [0.15, 0.2) is 69.9 Å². The molecule has 0 unspecified atom stereocenters. The highest BCUT2D eigenvalue weighted by atomic mass is 35.5. The molecule has 0 radical (unpaired) electrons. The first-order chi connectivity index (χ1) is 13.0. The molecular weight excluding hydrogens is 384 g/mol. The molecule has 27 heavy (non-hydrogen) atoms. The van der Waals surface area contributed by atoms with Crippen molar-refractivity contribution in [3.05, 3.63) is 86.5 Å². The molecule has 134 valence electrons. The molecule has 4 rings (SSSR count). The van der Waals surface area contributed by atoms with Gasteiger partial charge in [0.2, 0.25) is 0 Å². The van der Waals surface area contributed by atoms with Crippen molar-refractivity contribution in [2.24, 2.45) is 0 Å². The van der Waals surface area contributed by atoms with Gasteiger partial charge in [-0.15, -0.1) is 0 Å². The summed E-state index contributed by atoms with van der Waals surface area (Å²) in [5.74, 6) is -0.245. The molecule has 0 bridgehead atoms. The fourth-order valence-electron chi connectivity index (χ4n) is 2.75. The van der Waals surface area contributed by atoms with E-state index in [2.05, 4.69) is 0 Å². The second-order valence-electron chi connectivity index (χ2n) is 5.99. The third-order valence-electron chi connectivity index (χ3n) is 4.07. The van der Waals surface area contributed by atoms with E-state index in [9.17, 15) is 9.59 Å². The lowest BCUT2D eigenvalue weighted by Gasteiger charge is -2.09. The number of esters is 1. The first-order valence-electron chi connectivity index (χ1n) is 8.13. The van der Waals surface area contributed by atoms with Gasteiger partial charge in [0.1, 0.15) is 5.75 Å². The number of hydrogen-bond donors (Lipinski definition) is 0. The van der Waals surface area contributed by atoms with Crippen molar-refractivity contribution in [1.29, 1.82) is 0 Å².